The van der Waals surface area contributed by atoms with Crippen molar-refractivity contribution in [3.63, 3.8) is 0 Å². The van der Waals surface area contributed by atoms with Crippen molar-refractivity contribution in [1.82, 2.24) is 15.3 Å². The Hall–Kier alpha value is -1.00. The van der Waals surface area contributed by atoms with Crippen LogP contribution in [0.4, 0.5) is 0 Å². The number of hydrogen-bond acceptors (Lipinski definition) is 4. The molecule has 0 aliphatic carbocycles. The van der Waals surface area contributed by atoms with Crippen LogP contribution in [0, 0.1) is 0 Å². The molecule has 0 aliphatic rings. The summed E-state index contributed by atoms with van der Waals surface area (Å²) >= 11 is 0. The third-order valence-corrected chi connectivity index (χ3v) is 1.87. The van der Waals surface area contributed by atoms with Gasteiger partial charge in [-0.1, -0.05) is 0 Å². The average molecular weight is 195 g/mol. The minimum Gasteiger partial charge on any atom is -0.383 e. The van der Waals surface area contributed by atoms with Crippen molar-refractivity contribution < 1.29 is 4.74 Å². The van der Waals surface area contributed by atoms with Gasteiger partial charge in [0.15, 0.2) is 0 Å². The third kappa shape index (κ3) is 3.81. The molecule has 1 N–H and O–H groups in total. The molecule has 0 amide bonds. The molecule has 0 saturated heterocycles. The quantitative estimate of drug-likeness (QED) is 0.761. The van der Waals surface area contributed by atoms with Crippen LogP contribution >= 0.6 is 0 Å². The number of aromatic nitrogens is 2. The van der Waals surface area contributed by atoms with E-state index >= 15 is 0 Å². The molecule has 1 aromatic rings. The fourth-order valence-corrected chi connectivity index (χ4v) is 1.16. The highest BCUT2D eigenvalue weighted by atomic mass is 16.5. The maximum absolute atomic E-state index is 5.10. The Kier molecular flexibility index (Phi) is 3.98. The smallest absolute Gasteiger partial charge is 0.0724 e. The summed E-state index contributed by atoms with van der Waals surface area (Å²) in [7, 11) is 1.70. The van der Waals surface area contributed by atoms with Crippen LogP contribution in [0.3, 0.4) is 0 Å². The molecule has 4 nitrogen and oxygen atoms in total. The van der Waals surface area contributed by atoms with Gasteiger partial charge in [0.2, 0.25) is 0 Å². The van der Waals surface area contributed by atoms with E-state index in [0.717, 1.165) is 5.69 Å². The Morgan fingerprint density at radius 3 is 2.79 bits per heavy atom. The van der Waals surface area contributed by atoms with Crippen LogP contribution in [-0.4, -0.2) is 29.2 Å². The molecule has 0 atom stereocenters. The van der Waals surface area contributed by atoms with Crippen molar-refractivity contribution in [2.24, 2.45) is 0 Å². The molecule has 1 rings (SSSR count). The van der Waals surface area contributed by atoms with Gasteiger partial charge in [-0.05, 0) is 13.8 Å². The maximum atomic E-state index is 5.10. The number of hydrogen-bond donors (Lipinski definition) is 1. The second-order valence-electron chi connectivity index (χ2n) is 3.87. The van der Waals surface area contributed by atoms with E-state index < -0.39 is 0 Å². The average Bonchev–Trinajstić information content (AvgIpc) is 2.17. The van der Waals surface area contributed by atoms with Crippen LogP contribution in [-0.2, 0) is 11.3 Å². The molecule has 0 saturated carbocycles. The van der Waals surface area contributed by atoms with E-state index in [4.69, 9.17) is 4.74 Å². The molecule has 1 heterocycles. The Bertz CT molecular complexity index is 261. The fraction of sp³-hybridized carbons (Fsp3) is 0.600. The number of ether oxygens (including phenoxy) is 1. The summed E-state index contributed by atoms with van der Waals surface area (Å²) in [5.74, 6) is 0. The van der Waals surface area contributed by atoms with Crippen molar-refractivity contribution in [3.05, 3.63) is 24.3 Å². The molecule has 1 aromatic heterocycles. The highest BCUT2D eigenvalue weighted by Gasteiger charge is 2.16. The monoisotopic (exact) mass is 195 g/mol. The molecule has 0 bridgehead atoms. The lowest BCUT2D eigenvalue weighted by Crippen LogP contribution is -2.42. The number of nitrogens with zero attached hydrogens (tertiary/aromatic N) is 2. The van der Waals surface area contributed by atoms with Gasteiger partial charge in [0, 0.05) is 37.8 Å². The maximum Gasteiger partial charge on any atom is 0.0724 e. The summed E-state index contributed by atoms with van der Waals surface area (Å²) in [6.45, 7) is 5.57. The summed E-state index contributed by atoms with van der Waals surface area (Å²) < 4.78 is 5.10. The Morgan fingerprint density at radius 2 is 2.21 bits per heavy atom. The van der Waals surface area contributed by atoms with Gasteiger partial charge in [-0.15, -0.1) is 0 Å². The first-order chi connectivity index (χ1) is 6.64. The van der Waals surface area contributed by atoms with Gasteiger partial charge < -0.3 is 10.1 Å². The first-order valence-electron chi connectivity index (χ1n) is 4.63. The lowest BCUT2D eigenvalue weighted by Gasteiger charge is -2.24. The van der Waals surface area contributed by atoms with Gasteiger partial charge in [-0.3, -0.25) is 9.97 Å². The molecular weight excluding hydrogens is 178 g/mol. The standard InChI is InChI=1S/C10H17N3O/c1-10(2,8-14-3)13-7-9-6-11-4-5-12-9/h4-6,13H,7-8H2,1-3H3. The lowest BCUT2D eigenvalue weighted by molar-refractivity contribution is 0.127. The molecule has 14 heavy (non-hydrogen) atoms. The van der Waals surface area contributed by atoms with Gasteiger partial charge in [-0.25, -0.2) is 0 Å². The normalized spacial score (nSPS) is 11.6. The first-order valence-corrected chi connectivity index (χ1v) is 4.63. The summed E-state index contributed by atoms with van der Waals surface area (Å²) in [4.78, 5) is 8.17. The van der Waals surface area contributed by atoms with Crippen LogP contribution in [0.2, 0.25) is 0 Å². The minimum absolute atomic E-state index is 0.0354. The minimum atomic E-state index is -0.0354. The molecule has 0 fully saturated rings. The molecular formula is C10H17N3O. The molecule has 0 unspecified atom stereocenters. The van der Waals surface area contributed by atoms with E-state index in [1.165, 1.54) is 0 Å². The largest absolute Gasteiger partial charge is 0.383 e. The fourth-order valence-electron chi connectivity index (χ4n) is 1.16. The van der Waals surface area contributed by atoms with E-state index in [1.807, 2.05) is 0 Å². The second-order valence-corrected chi connectivity index (χ2v) is 3.87. The molecule has 78 valence electrons. The summed E-state index contributed by atoms with van der Waals surface area (Å²) in [6, 6.07) is 0. The van der Waals surface area contributed by atoms with E-state index in [-0.39, 0.29) is 5.54 Å². The van der Waals surface area contributed by atoms with Crippen LogP contribution in [0.15, 0.2) is 18.6 Å². The zero-order chi connectivity index (χ0) is 10.4. The number of methoxy groups -OCH3 is 1. The SMILES string of the molecule is COCC(C)(C)NCc1cnccn1. The highest BCUT2D eigenvalue weighted by Crippen LogP contribution is 2.03. The number of rotatable bonds is 5. The van der Waals surface area contributed by atoms with Gasteiger partial charge in [-0.2, -0.15) is 0 Å². The van der Waals surface area contributed by atoms with Gasteiger partial charge in [0.25, 0.3) is 0 Å². The summed E-state index contributed by atoms with van der Waals surface area (Å²) in [5, 5.41) is 3.35. The van der Waals surface area contributed by atoms with Crippen molar-refractivity contribution in [2.45, 2.75) is 25.9 Å². The van der Waals surface area contributed by atoms with Gasteiger partial charge in [0.1, 0.15) is 0 Å². The highest BCUT2D eigenvalue weighted by molar-refractivity contribution is 4.95. The Morgan fingerprint density at radius 1 is 1.43 bits per heavy atom. The predicted octanol–water partition coefficient (Wildman–Crippen LogP) is 0.991. The third-order valence-electron chi connectivity index (χ3n) is 1.87. The van der Waals surface area contributed by atoms with Crippen molar-refractivity contribution >= 4 is 0 Å². The van der Waals surface area contributed by atoms with E-state index in [1.54, 1.807) is 25.7 Å². The van der Waals surface area contributed by atoms with Gasteiger partial charge in [0.05, 0.1) is 12.3 Å². The van der Waals surface area contributed by atoms with Gasteiger partial charge >= 0.3 is 0 Å². The molecule has 4 heteroatoms. The van der Waals surface area contributed by atoms with Crippen molar-refractivity contribution in [3.8, 4) is 0 Å². The number of nitrogens with one attached hydrogen (secondary N) is 1. The summed E-state index contributed by atoms with van der Waals surface area (Å²) in [5.41, 5.74) is 0.906. The van der Waals surface area contributed by atoms with Crippen LogP contribution in [0.5, 0.6) is 0 Å². The molecule has 0 aromatic carbocycles. The first kappa shape index (κ1) is 11.1. The molecule has 0 spiro atoms. The zero-order valence-electron chi connectivity index (χ0n) is 8.95. The molecule has 0 aliphatic heterocycles. The van der Waals surface area contributed by atoms with Crippen molar-refractivity contribution in [2.75, 3.05) is 13.7 Å². The van der Waals surface area contributed by atoms with Crippen LogP contribution in [0.25, 0.3) is 0 Å². The summed E-state index contributed by atoms with van der Waals surface area (Å²) in [6.07, 6.45) is 5.13. The predicted molar refractivity (Wildman–Crippen MR) is 54.8 cm³/mol. The van der Waals surface area contributed by atoms with Crippen LogP contribution < -0.4 is 5.32 Å². The van der Waals surface area contributed by atoms with E-state index in [2.05, 4.69) is 29.1 Å². The van der Waals surface area contributed by atoms with Crippen LogP contribution in [0.1, 0.15) is 19.5 Å². The topological polar surface area (TPSA) is 47.0 Å². The lowest BCUT2D eigenvalue weighted by atomic mass is 10.1. The Balaban J connectivity index is 2.40. The molecule has 0 radical (unpaired) electrons. The van der Waals surface area contributed by atoms with Crippen molar-refractivity contribution in [1.29, 1.82) is 0 Å². The second kappa shape index (κ2) is 5.02. The van der Waals surface area contributed by atoms with E-state index in [9.17, 15) is 0 Å². The Labute approximate surface area is 84.7 Å². The zero-order valence-corrected chi connectivity index (χ0v) is 8.95. The van der Waals surface area contributed by atoms with E-state index in [0.29, 0.717) is 13.2 Å².